The first-order chi connectivity index (χ1) is 8.87. The number of rotatable bonds is 2. The van der Waals surface area contributed by atoms with Crippen molar-refractivity contribution >= 4 is 24.0 Å². The van der Waals surface area contributed by atoms with Crippen LogP contribution in [0.1, 0.15) is 38.3 Å². The number of fused-ring (bicyclic) bond motifs is 1. The lowest BCUT2D eigenvalue weighted by atomic mass is 9.92. The van der Waals surface area contributed by atoms with Crippen LogP contribution < -0.4 is 10.6 Å². The maximum atomic E-state index is 14.3. The van der Waals surface area contributed by atoms with Gasteiger partial charge in [-0.15, -0.1) is 12.4 Å². The highest BCUT2D eigenvalue weighted by Crippen LogP contribution is 2.26. The summed E-state index contributed by atoms with van der Waals surface area (Å²) in [5.74, 6) is -0.415. The van der Waals surface area contributed by atoms with Gasteiger partial charge in [0.1, 0.15) is 5.82 Å². The van der Waals surface area contributed by atoms with E-state index in [9.17, 15) is 9.18 Å². The number of carbonyl (C=O) groups excluding carboxylic acids is 1. The van der Waals surface area contributed by atoms with E-state index in [1.807, 2.05) is 26.8 Å². The van der Waals surface area contributed by atoms with Gasteiger partial charge in [0.2, 0.25) is 5.91 Å². The SMILES string of the molecule is CC(C)(C)CC(=O)Nc1ccc2c(c1F)CCNC2.Cl. The van der Waals surface area contributed by atoms with E-state index in [1.54, 1.807) is 6.07 Å². The van der Waals surface area contributed by atoms with Crippen molar-refractivity contribution in [3.8, 4) is 0 Å². The van der Waals surface area contributed by atoms with Gasteiger partial charge in [0.25, 0.3) is 0 Å². The molecule has 1 aliphatic heterocycles. The van der Waals surface area contributed by atoms with Crippen molar-refractivity contribution in [1.82, 2.24) is 5.32 Å². The third-order valence-electron chi connectivity index (χ3n) is 3.17. The Morgan fingerprint density at radius 2 is 2.10 bits per heavy atom. The van der Waals surface area contributed by atoms with Crippen LogP contribution in [0.2, 0.25) is 0 Å². The van der Waals surface area contributed by atoms with E-state index < -0.39 is 0 Å². The molecule has 0 unspecified atom stereocenters. The van der Waals surface area contributed by atoms with Crippen molar-refractivity contribution < 1.29 is 9.18 Å². The Morgan fingerprint density at radius 3 is 2.75 bits per heavy atom. The Kier molecular flexibility index (Phi) is 5.54. The van der Waals surface area contributed by atoms with Gasteiger partial charge in [0.15, 0.2) is 0 Å². The second kappa shape index (κ2) is 6.55. The third kappa shape index (κ3) is 4.18. The lowest BCUT2D eigenvalue weighted by Crippen LogP contribution is -2.25. The molecule has 0 aromatic heterocycles. The van der Waals surface area contributed by atoms with Crippen LogP contribution in [0.15, 0.2) is 12.1 Å². The number of hydrogen-bond acceptors (Lipinski definition) is 2. The molecule has 20 heavy (non-hydrogen) atoms. The van der Waals surface area contributed by atoms with Crippen LogP contribution in [0, 0.1) is 11.2 Å². The van der Waals surface area contributed by atoms with Crippen LogP contribution in [0.25, 0.3) is 0 Å². The lowest BCUT2D eigenvalue weighted by Gasteiger charge is -2.21. The molecule has 1 aromatic rings. The Balaban J connectivity index is 0.00000200. The summed E-state index contributed by atoms with van der Waals surface area (Å²) in [6.45, 7) is 7.44. The molecule has 112 valence electrons. The van der Waals surface area contributed by atoms with Gasteiger partial charge < -0.3 is 10.6 Å². The zero-order valence-electron chi connectivity index (χ0n) is 12.2. The minimum atomic E-state index is -0.277. The summed E-state index contributed by atoms with van der Waals surface area (Å²) in [4.78, 5) is 11.9. The number of hydrogen-bond donors (Lipinski definition) is 2. The normalized spacial score (nSPS) is 14.2. The average molecular weight is 301 g/mol. The van der Waals surface area contributed by atoms with Gasteiger partial charge in [-0.05, 0) is 35.6 Å². The number of halogens is 2. The topological polar surface area (TPSA) is 41.1 Å². The van der Waals surface area contributed by atoms with Crippen molar-refractivity contribution in [3.63, 3.8) is 0 Å². The zero-order chi connectivity index (χ0) is 14.0. The molecule has 0 fully saturated rings. The molecule has 0 saturated heterocycles. The summed E-state index contributed by atoms with van der Waals surface area (Å²) in [5, 5.41) is 5.89. The predicted molar refractivity (Wildman–Crippen MR) is 81.8 cm³/mol. The average Bonchev–Trinajstić information content (AvgIpc) is 2.31. The maximum absolute atomic E-state index is 14.3. The Bertz CT molecular complexity index is 497. The highest BCUT2D eigenvalue weighted by atomic mass is 35.5. The third-order valence-corrected chi connectivity index (χ3v) is 3.17. The second-order valence-electron chi connectivity index (χ2n) is 6.28. The lowest BCUT2D eigenvalue weighted by molar-refractivity contribution is -0.117. The Morgan fingerprint density at radius 1 is 1.40 bits per heavy atom. The van der Waals surface area contributed by atoms with Gasteiger partial charge in [-0.1, -0.05) is 26.8 Å². The molecule has 2 rings (SSSR count). The Labute approximate surface area is 125 Å². The van der Waals surface area contributed by atoms with Crippen LogP contribution >= 0.6 is 12.4 Å². The molecular formula is C15H22ClFN2O. The van der Waals surface area contributed by atoms with Crippen molar-refractivity contribution in [2.24, 2.45) is 5.41 Å². The highest BCUT2D eigenvalue weighted by Gasteiger charge is 2.20. The molecule has 1 amide bonds. The fourth-order valence-corrected chi connectivity index (χ4v) is 2.31. The van der Waals surface area contributed by atoms with Gasteiger partial charge in [-0.25, -0.2) is 4.39 Å². The summed E-state index contributed by atoms with van der Waals surface area (Å²) < 4.78 is 14.3. The van der Waals surface area contributed by atoms with Gasteiger partial charge in [0.05, 0.1) is 5.69 Å². The van der Waals surface area contributed by atoms with E-state index in [1.165, 1.54) is 0 Å². The minimum absolute atomic E-state index is 0. The van der Waals surface area contributed by atoms with E-state index in [2.05, 4.69) is 10.6 Å². The first kappa shape index (κ1) is 16.9. The van der Waals surface area contributed by atoms with Crippen molar-refractivity contribution in [1.29, 1.82) is 0 Å². The van der Waals surface area contributed by atoms with Crippen LogP contribution in [0.5, 0.6) is 0 Å². The molecule has 0 spiro atoms. The molecule has 0 saturated carbocycles. The number of anilines is 1. The molecule has 1 aliphatic rings. The summed E-state index contributed by atoms with van der Waals surface area (Å²) in [6, 6.07) is 3.54. The first-order valence-electron chi connectivity index (χ1n) is 6.68. The molecule has 5 heteroatoms. The van der Waals surface area contributed by atoms with Crippen LogP contribution in [0.4, 0.5) is 10.1 Å². The standard InChI is InChI=1S/C15H21FN2O.ClH/c1-15(2,3)8-13(19)18-12-5-4-10-9-17-7-6-11(10)14(12)16;/h4-5,17H,6-9H2,1-3H3,(H,18,19);1H. The quantitative estimate of drug-likeness (QED) is 0.880. The maximum Gasteiger partial charge on any atom is 0.224 e. The highest BCUT2D eigenvalue weighted by molar-refractivity contribution is 5.91. The monoisotopic (exact) mass is 300 g/mol. The van der Waals surface area contributed by atoms with E-state index in [4.69, 9.17) is 0 Å². The van der Waals surface area contributed by atoms with Crippen LogP contribution in [-0.2, 0) is 17.8 Å². The molecular weight excluding hydrogens is 279 g/mol. The van der Waals surface area contributed by atoms with Gasteiger partial charge >= 0.3 is 0 Å². The first-order valence-corrected chi connectivity index (χ1v) is 6.68. The van der Waals surface area contributed by atoms with Gasteiger partial charge in [-0.2, -0.15) is 0 Å². The molecule has 0 radical (unpaired) electrons. The second-order valence-corrected chi connectivity index (χ2v) is 6.28. The molecule has 0 atom stereocenters. The molecule has 3 nitrogen and oxygen atoms in total. The van der Waals surface area contributed by atoms with Crippen LogP contribution in [-0.4, -0.2) is 12.5 Å². The van der Waals surface area contributed by atoms with Gasteiger partial charge in [0, 0.05) is 13.0 Å². The fourth-order valence-electron chi connectivity index (χ4n) is 2.31. The smallest absolute Gasteiger partial charge is 0.224 e. The number of carbonyl (C=O) groups is 1. The molecule has 1 aromatic carbocycles. The molecule has 2 N–H and O–H groups in total. The van der Waals surface area contributed by atoms with E-state index >= 15 is 0 Å². The largest absolute Gasteiger partial charge is 0.324 e. The molecule has 0 bridgehead atoms. The number of nitrogens with one attached hydrogen (secondary N) is 2. The summed E-state index contributed by atoms with van der Waals surface area (Å²) in [5.41, 5.74) is 1.92. The van der Waals surface area contributed by atoms with Crippen molar-refractivity contribution in [3.05, 3.63) is 29.1 Å². The summed E-state index contributed by atoms with van der Waals surface area (Å²) >= 11 is 0. The van der Waals surface area contributed by atoms with Crippen molar-refractivity contribution in [2.75, 3.05) is 11.9 Å². The van der Waals surface area contributed by atoms with Crippen molar-refractivity contribution in [2.45, 2.75) is 40.2 Å². The Hall–Kier alpha value is -1.13. The van der Waals surface area contributed by atoms with E-state index in [0.717, 1.165) is 17.7 Å². The zero-order valence-corrected chi connectivity index (χ0v) is 13.0. The predicted octanol–water partition coefficient (Wildman–Crippen LogP) is 3.27. The summed E-state index contributed by atoms with van der Waals surface area (Å²) in [6.07, 6.45) is 1.05. The summed E-state index contributed by atoms with van der Waals surface area (Å²) in [7, 11) is 0. The minimum Gasteiger partial charge on any atom is -0.324 e. The van der Waals surface area contributed by atoms with E-state index in [0.29, 0.717) is 25.1 Å². The molecule has 1 heterocycles. The number of amides is 1. The van der Waals surface area contributed by atoms with E-state index in [-0.39, 0.29) is 29.5 Å². The van der Waals surface area contributed by atoms with Crippen LogP contribution in [0.3, 0.4) is 0 Å². The van der Waals surface area contributed by atoms with Gasteiger partial charge in [-0.3, -0.25) is 4.79 Å². The fraction of sp³-hybridized carbons (Fsp3) is 0.533. The number of benzene rings is 1. The molecule has 0 aliphatic carbocycles.